The molecule has 1 aliphatic rings. The highest BCUT2D eigenvalue weighted by molar-refractivity contribution is 5.20. The van der Waals surface area contributed by atoms with Gasteiger partial charge in [-0.2, -0.15) is 0 Å². The van der Waals surface area contributed by atoms with Crippen LogP contribution in [-0.4, -0.2) is 22.7 Å². The summed E-state index contributed by atoms with van der Waals surface area (Å²) >= 11 is 0. The van der Waals surface area contributed by atoms with E-state index in [0.29, 0.717) is 12.0 Å². The minimum atomic E-state index is -1.14. The Morgan fingerprint density at radius 3 is 3.06 bits per heavy atom. The molecule has 1 aromatic rings. The van der Waals surface area contributed by atoms with Crippen LogP contribution in [0.1, 0.15) is 38.2 Å². The molecule has 2 heterocycles. The zero-order valence-electron chi connectivity index (χ0n) is 10.1. The number of hydrogen-bond acceptors (Lipinski definition) is 3. The average Bonchev–Trinajstić information content (AvgIpc) is 2.30. The van der Waals surface area contributed by atoms with Crippen molar-refractivity contribution in [1.82, 2.24) is 10.3 Å². The lowest BCUT2D eigenvalue weighted by molar-refractivity contribution is 0.0297. The van der Waals surface area contributed by atoms with E-state index >= 15 is 0 Å². The second-order valence-corrected chi connectivity index (χ2v) is 4.98. The van der Waals surface area contributed by atoms with Gasteiger partial charge in [-0.25, -0.2) is 4.39 Å². The Hall–Kier alpha value is -1.00. The average molecular weight is 238 g/mol. The van der Waals surface area contributed by atoms with Crippen molar-refractivity contribution in [3.05, 3.63) is 29.8 Å². The second-order valence-electron chi connectivity index (χ2n) is 4.98. The van der Waals surface area contributed by atoms with Gasteiger partial charge in [0.05, 0.1) is 11.8 Å². The maximum absolute atomic E-state index is 13.6. The summed E-state index contributed by atoms with van der Waals surface area (Å²) in [6.45, 7) is 2.65. The van der Waals surface area contributed by atoms with Gasteiger partial charge in [-0.1, -0.05) is 6.42 Å². The molecule has 4 heteroatoms. The van der Waals surface area contributed by atoms with E-state index < -0.39 is 11.4 Å². The first-order valence-corrected chi connectivity index (χ1v) is 6.15. The first kappa shape index (κ1) is 12.5. The largest absolute Gasteiger partial charge is 0.385 e. The van der Waals surface area contributed by atoms with Crippen molar-refractivity contribution in [3.63, 3.8) is 0 Å². The summed E-state index contributed by atoms with van der Waals surface area (Å²) < 4.78 is 13.6. The van der Waals surface area contributed by atoms with E-state index in [1.165, 1.54) is 19.0 Å². The highest BCUT2D eigenvalue weighted by Gasteiger charge is 2.30. The number of pyridine rings is 1. The topological polar surface area (TPSA) is 45.1 Å². The summed E-state index contributed by atoms with van der Waals surface area (Å²) in [6, 6.07) is 1.82. The Balaban J connectivity index is 2.10. The highest BCUT2D eigenvalue weighted by atomic mass is 19.1. The van der Waals surface area contributed by atoms with Crippen LogP contribution in [0.25, 0.3) is 0 Å². The smallest absolute Gasteiger partial charge is 0.147 e. The van der Waals surface area contributed by atoms with Gasteiger partial charge < -0.3 is 10.4 Å². The Morgan fingerprint density at radius 1 is 1.59 bits per heavy atom. The molecule has 0 aromatic carbocycles. The third-order valence-electron chi connectivity index (χ3n) is 3.41. The minimum Gasteiger partial charge on any atom is -0.385 e. The molecule has 2 rings (SSSR count). The molecular weight excluding hydrogens is 219 g/mol. The van der Waals surface area contributed by atoms with Crippen molar-refractivity contribution in [3.8, 4) is 0 Å². The van der Waals surface area contributed by atoms with Gasteiger partial charge in [0.25, 0.3) is 0 Å². The van der Waals surface area contributed by atoms with Crippen molar-refractivity contribution in [2.24, 2.45) is 0 Å². The van der Waals surface area contributed by atoms with Crippen molar-refractivity contribution in [2.45, 2.75) is 44.2 Å². The molecule has 2 unspecified atom stereocenters. The molecule has 2 N–H and O–H groups in total. The lowest BCUT2D eigenvalue weighted by Crippen LogP contribution is -2.40. The van der Waals surface area contributed by atoms with Crippen molar-refractivity contribution >= 4 is 0 Å². The predicted octanol–water partition coefficient (Wildman–Crippen LogP) is 1.96. The van der Waals surface area contributed by atoms with Crippen molar-refractivity contribution in [1.29, 1.82) is 0 Å². The molecule has 0 aliphatic carbocycles. The first-order valence-electron chi connectivity index (χ1n) is 6.15. The molecule has 0 bridgehead atoms. The van der Waals surface area contributed by atoms with E-state index in [1.54, 1.807) is 13.0 Å². The van der Waals surface area contributed by atoms with Crippen LogP contribution >= 0.6 is 0 Å². The quantitative estimate of drug-likeness (QED) is 0.846. The fraction of sp³-hybridized carbons (Fsp3) is 0.615. The van der Waals surface area contributed by atoms with Gasteiger partial charge in [0.2, 0.25) is 0 Å². The Labute approximate surface area is 101 Å². The molecule has 0 radical (unpaired) electrons. The summed E-state index contributed by atoms with van der Waals surface area (Å²) in [7, 11) is 0. The van der Waals surface area contributed by atoms with Gasteiger partial charge in [-0.05, 0) is 38.8 Å². The Kier molecular flexibility index (Phi) is 3.74. The van der Waals surface area contributed by atoms with E-state index in [0.717, 1.165) is 19.2 Å². The summed E-state index contributed by atoms with van der Waals surface area (Å²) in [6.07, 6.45) is 6.60. The SMILES string of the molecule is CC(O)(CC1CCCCN1)c1ccncc1F. The van der Waals surface area contributed by atoms with Gasteiger partial charge in [0.15, 0.2) is 0 Å². The number of rotatable bonds is 3. The molecule has 1 saturated heterocycles. The second kappa shape index (κ2) is 5.10. The third-order valence-corrected chi connectivity index (χ3v) is 3.41. The summed E-state index contributed by atoms with van der Waals surface area (Å²) in [5, 5.41) is 13.8. The molecule has 2 atom stereocenters. The molecule has 1 fully saturated rings. The molecule has 1 aliphatic heterocycles. The van der Waals surface area contributed by atoms with Crippen LogP contribution in [0.2, 0.25) is 0 Å². The van der Waals surface area contributed by atoms with Crippen LogP contribution in [-0.2, 0) is 5.60 Å². The van der Waals surface area contributed by atoms with Crippen molar-refractivity contribution in [2.75, 3.05) is 6.54 Å². The lowest BCUT2D eigenvalue weighted by atomic mass is 9.86. The van der Waals surface area contributed by atoms with Crippen LogP contribution in [0.4, 0.5) is 4.39 Å². The van der Waals surface area contributed by atoms with Gasteiger partial charge in [0, 0.05) is 17.8 Å². The van der Waals surface area contributed by atoms with Crippen molar-refractivity contribution < 1.29 is 9.50 Å². The zero-order chi connectivity index (χ0) is 12.3. The molecule has 0 spiro atoms. The van der Waals surface area contributed by atoms with Crippen LogP contribution in [0.5, 0.6) is 0 Å². The monoisotopic (exact) mass is 238 g/mol. The predicted molar refractivity (Wildman–Crippen MR) is 64.0 cm³/mol. The Morgan fingerprint density at radius 2 is 2.41 bits per heavy atom. The number of nitrogens with zero attached hydrogens (tertiary/aromatic N) is 1. The minimum absolute atomic E-state index is 0.270. The van der Waals surface area contributed by atoms with Crippen LogP contribution in [0.15, 0.2) is 18.5 Å². The molecule has 17 heavy (non-hydrogen) atoms. The van der Waals surface area contributed by atoms with E-state index in [-0.39, 0.29) is 6.04 Å². The molecule has 3 nitrogen and oxygen atoms in total. The number of nitrogens with one attached hydrogen (secondary N) is 1. The van der Waals surface area contributed by atoms with Gasteiger partial charge in [0.1, 0.15) is 5.82 Å². The third kappa shape index (κ3) is 3.01. The van der Waals surface area contributed by atoms with Gasteiger partial charge in [-0.15, -0.1) is 0 Å². The fourth-order valence-corrected chi connectivity index (χ4v) is 2.50. The number of hydrogen-bond donors (Lipinski definition) is 2. The number of aliphatic hydroxyl groups is 1. The first-order chi connectivity index (χ1) is 8.09. The van der Waals surface area contributed by atoms with Gasteiger partial charge >= 0.3 is 0 Å². The van der Waals surface area contributed by atoms with E-state index in [1.807, 2.05) is 0 Å². The van der Waals surface area contributed by atoms with E-state index in [9.17, 15) is 9.50 Å². The Bertz CT molecular complexity index is 375. The summed E-state index contributed by atoms with van der Waals surface area (Å²) in [5.41, 5.74) is -0.804. The van der Waals surface area contributed by atoms with Crippen LogP contribution in [0, 0.1) is 5.82 Å². The molecule has 0 amide bonds. The highest BCUT2D eigenvalue weighted by Crippen LogP contribution is 2.29. The fourth-order valence-electron chi connectivity index (χ4n) is 2.50. The van der Waals surface area contributed by atoms with Crippen LogP contribution in [0.3, 0.4) is 0 Å². The maximum atomic E-state index is 13.6. The number of piperidine rings is 1. The maximum Gasteiger partial charge on any atom is 0.147 e. The number of aromatic nitrogens is 1. The number of halogens is 1. The van der Waals surface area contributed by atoms with Gasteiger partial charge in [-0.3, -0.25) is 4.98 Å². The zero-order valence-corrected chi connectivity index (χ0v) is 10.1. The standard InChI is InChI=1S/C13H19FN2O/c1-13(17,8-10-4-2-3-6-16-10)11-5-7-15-9-12(11)14/h5,7,9-10,16-17H,2-4,6,8H2,1H3. The molecule has 1 aromatic heterocycles. The molecule has 94 valence electrons. The summed E-state index contributed by atoms with van der Waals surface area (Å²) in [5.74, 6) is -0.437. The lowest BCUT2D eigenvalue weighted by Gasteiger charge is -2.32. The molecule has 0 saturated carbocycles. The molecular formula is C13H19FN2O. The van der Waals surface area contributed by atoms with Crippen LogP contribution < -0.4 is 5.32 Å². The van der Waals surface area contributed by atoms with E-state index in [2.05, 4.69) is 10.3 Å². The summed E-state index contributed by atoms with van der Waals surface area (Å²) in [4.78, 5) is 3.70. The normalized spacial score (nSPS) is 24.3. The van der Waals surface area contributed by atoms with E-state index in [4.69, 9.17) is 0 Å².